The van der Waals surface area contributed by atoms with E-state index in [0.717, 1.165) is 6.07 Å². The summed E-state index contributed by atoms with van der Waals surface area (Å²) in [5.41, 5.74) is -0.407. The maximum absolute atomic E-state index is 13.2. The summed E-state index contributed by atoms with van der Waals surface area (Å²) in [5.74, 6) is -1.39. The summed E-state index contributed by atoms with van der Waals surface area (Å²) in [7, 11) is 1.28. The first-order chi connectivity index (χ1) is 7.96. The van der Waals surface area contributed by atoms with Crippen molar-refractivity contribution < 1.29 is 23.8 Å². The molecular weight excluding hydrogens is 227 g/mol. The number of fused-ring (bicyclic) bond motifs is 1. The zero-order chi connectivity index (χ0) is 12.6. The van der Waals surface area contributed by atoms with Gasteiger partial charge in [0.2, 0.25) is 5.60 Å². The van der Waals surface area contributed by atoms with Crippen LogP contribution in [0.15, 0.2) is 12.1 Å². The minimum atomic E-state index is -1.09. The number of ether oxygens (including phenoxy) is 2. The summed E-state index contributed by atoms with van der Waals surface area (Å²) in [6.45, 7) is 1.60. The van der Waals surface area contributed by atoms with Crippen molar-refractivity contribution in [3.8, 4) is 11.5 Å². The third-order valence-corrected chi connectivity index (χ3v) is 2.95. The number of esters is 1. The predicted octanol–water partition coefficient (Wildman–Crippen LogP) is 1.79. The van der Waals surface area contributed by atoms with Crippen LogP contribution in [0.1, 0.15) is 18.9 Å². The molecule has 17 heavy (non-hydrogen) atoms. The van der Waals surface area contributed by atoms with Crippen LogP contribution >= 0.6 is 0 Å². The highest BCUT2D eigenvalue weighted by Gasteiger charge is 2.40. The molecule has 1 aliphatic heterocycles. The van der Waals surface area contributed by atoms with E-state index in [1.54, 1.807) is 6.92 Å². The summed E-state index contributed by atoms with van der Waals surface area (Å²) >= 11 is 0. The molecule has 0 radical (unpaired) electrons. The number of halogens is 1. The highest BCUT2D eigenvalue weighted by molar-refractivity contribution is 5.80. The second-order valence-corrected chi connectivity index (χ2v) is 4.24. The van der Waals surface area contributed by atoms with E-state index in [1.807, 2.05) is 0 Å². The van der Waals surface area contributed by atoms with Crippen molar-refractivity contribution >= 4 is 5.97 Å². The number of carbonyl (C=O) groups is 1. The van der Waals surface area contributed by atoms with Crippen LogP contribution in [-0.2, 0) is 16.0 Å². The van der Waals surface area contributed by atoms with Crippen LogP contribution in [0.25, 0.3) is 0 Å². The quantitative estimate of drug-likeness (QED) is 0.760. The second kappa shape index (κ2) is 3.91. The molecule has 0 fully saturated rings. The topological polar surface area (TPSA) is 55.8 Å². The lowest BCUT2D eigenvalue weighted by Crippen LogP contribution is -2.45. The van der Waals surface area contributed by atoms with E-state index in [1.165, 1.54) is 13.2 Å². The van der Waals surface area contributed by atoms with Gasteiger partial charge in [-0.25, -0.2) is 9.18 Å². The molecule has 1 heterocycles. The fraction of sp³-hybridized carbons (Fsp3) is 0.417. The van der Waals surface area contributed by atoms with Gasteiger partial charge in [0.1, 0.15) is 5.75 Å². The summed E-state index contributed by atoms with van der Waals surface area (Å²) in [5, 5.41) is 9.24. The number of phenols is 1. The van der Waals surface area contributed by atoms with E-state index in [2.05, 4.69) is 4.74 Å². The van der Waals surface area contributed by atoms with E-state index >= 15 is 0 Å². The molecule has 1 unspecified atom stereocenters. The van der Waals surface area contributed by atoms with Crippen LogP contribution in [0.3, 0.4) is 0 Å². The maximum atomic E-state index is 13.2. The van der Waals surface area contributed by atoms with Crippen molar-refractivity contribution in [2.24, 2.45) is 0 Å². The summed E-state index contributed by atoms with van der Waals surface area (Å²) < 4.78 is 23.3. The molecule has 0 aromatic heterocycles. The van der Waals surface area contributed by atoms with Crippen LogP contribution in [0.4, 0.5) is 4.39 Å². The van der Waals surface area contributed by atoms with Gasteiger partial charge < -0.3 is 14.6 Å². The van der Waals surface area contributed by atoms with Crippen molar-refractivity contribution in [3.05, 3.63) is 23.5 Å². The van der Waals surface area contributed by atoms with Gasteiger partial charge in [-0.15, -0.1) is 0 Å². The minimum Gasteiger partial charge on any atom is -0.505 e. The van der Waals surface area contributed by atoms with Crippen molar-refractivity contribution in [1.29, 1.82) is 0 Å². The van der Waals surface area contributed by atoms with Gasteiger partial charge >= 0.3 is 5.97 Å². The standard InChI is InChI=1S/C12H13FO4/c1-12(11(15)16-2)4-3-7-5-9(14)8(13)6-10(7)17-12/h5-6,14H,3-4H2,1-2H3. The van der Waals surface area contributed by atoms with Crippen molar-refractivity contribution in [2.45, 2.75) is 25.4 Å². The van der Waals surface area contributed by atoms with E-state index in [0.29, 0.717) is 18.4 Å². The molecule has 4 nitrogen and oxygen atoms in total. The van der Waals surface area contributed by atoms with Crippen LogP contribution in [0.5, 0.6) is 11.5 Å². The molecule has 0 aliphatic carbocycles. The number of aryl methyl sites for hydroxylation is 1. The highest BCUT2D eigenvalue weighted by atomic mass is 19.1. The molecule has 1 atom stereocenters. The van der Waals surface area contributed by atoms with Crippen LogP contribution in [0, 0.1) is 5.82 Å². The number of hydrogen-bond acceptors (Lipinski definition) is 4. The maximum Gasteiger partial charge on any atom is 0.349 e. The van der Waals surface area contributed by atoms with E-state index < -0.39 is 23.1 Å². The monoisotopic (exact) mass is 240 g/mol. The number of methoxy groups -OCH3 is 1. The van der Waals surface area contributed by atoms with Gasteiger partial charge in [-0.2, -0.15) is 0 Å². The van der Waals surface area contributed by atoms with Crippen molar-refractivity contribution in [1.82, 2.24) is 0 Å². The molecule has 0 saturated carbocycles. The lowest BCUT2D eigenvalue weighted by atomic mass is 9.92. The van der Waals surface area contributed by atoms with Crippen LogP contribution in [-0.4, -0.2) is 23.8 Å². The number of benzene rings is 1. The van der Waals surface area contributed by atoms with E-state index in [4.69, 9.17) is 4.74 Å². The highest BCUT2D eigenvalue weighted by Crippen LogP contribution is 2.36. The third-order valence-electron chi connectivity index (χ3n) is 2.95. The smallest absolute Gasteiger partial charge is 0.349 e. The molecule has 1 aromatic carbocycles. The Bertz CT molecular complexity index is 472. The molecular formula is C12H13FO4. The van der Waals surface area contributed by atoms with Gasteiger partial charge in [0, 0.05) is 12.5 Å². The average molecular weight is 240 g/mol. The van der Waals surface area contributed by atoms with Gasteiger partial charge in [0.05, 0.1) is 7.11 Å². The molecule has 0 amide bonds. The van der Waals surface area contributed by atoms with Crippen LogP contribution in [0.2, 0.25) is 0 Å². The Morgan fingerprint density at radius 1 is 1.59 bits per heavy atom. The Balaban J connectivity index is 2.36. The number of aromatic hydroxyl groups is 1. The summed E-state index contributed by atoms with van der Waals surface area (Å²) in [6.07, 6.45) is 0.951. The van der Waals surface area contributed by atoms with E-state index in [9.17, 15) is 14.3 Å². The second-order valence-electron chi connectivity index (χ2n) is 4.24. The van der Waals surface area contributed by atoms with E-state index in [-0.39, 0.29) is 5.75 Å². The molecule has 0 saturated heterocycles. The SMILES string of the molecule is COC(=O)C1(C)CCc2cc(O)c(F)cc2O1. The van der Waals surface area contributed by atoms with Gasteiger partial charge in [-0.3, -0.25) is 0 Å². The number of rotatable bonds is 1. The Labute approximate surface area is 98.0 Å². The van der Waals surface area contributed by atoms with Crippen LogP contribution < -0.4 is 4.74 Å². The Morgan fingerprint density at radius 2 is 2.29 bits per heavy atom. The zero-order valence-electron chi connectivity index (χ0n) is 9.62. The Hall–Kier alpha value is -1.78. The van der Waals surface area contributed by atoms with Crippen molar-refractivity contribution in [3.63, 3.8) is 0 Å². The molecule has 5 heteroatoms. The fourth-order valence-corrected chi connectivity index (χ4v) is 1.90. The first-order valence-electron chi connectivity index (χ1n) is 5.25. The summed E-state index contributed by atoms with van der Waals surface area (Å²) in [6, 6.07) is 2.41. The average Bonchev–Trinajstić information content (AvgIpc) is 2.30. The first-order valence-corrected chi connectivity index (χ1v) is 5.25. The molecule has 2 rings (SSSR count). The molecule has 0 spiro atoms. The predicted molar refractivity (Wildman–Crippen MR) is 57.4 cm³/mol. The lowest BCUT2D eigenvalue weighted by Gasteiger charge is -2.33. The molecule has 1 aliphatic rings. The van der Waals surface area contributed by atoms with Gasteiger partial charge in [0.25, 0.3) is 0 Å². The Kier molecular flexibility index (Phi) is 2.69. The normalized spacial score (nSPS) is 22.5. The van der Waals surface area contributed by atoms with Gasteiger partial charge in [0.15, 0.2) is 11.6 Å². The molecule has 1 aromatic rings. The molecule has 1 N–H and O–H groups in total. The Morgan fingerprint density at radius 3 is 2.94 bits per heavy atom. The number of carbonyl (C=O) groups excluding carboxylic acids is 1. The minimum absolute atomic E-state index is 0.277. The first kappa shape index (κ1) is 11.7. The fourth-order valence-electron chi connectivity index (χ4n) is 1.90. The van der Waals surface area contributed by atoms with Gasteiger partial charge in [-0.05, 0) is 25.0 Å². The lowest BCUT2D eigenvalue weighted by molar-refractivity contribution is -0.159. The largest absolute Gasteiger partial charge is 0.505 e. The molecule has 92 valence electrons. The van der Waals surface area contributed by atoms with Gasteiger partial charge in [-0.1, -0.05) is 0 Å². The van der Waals surface area contributed by atoms with Crippen molar-refractivity contribution in [2.75, 3.05) is 7.11 Å². The number of phenolic OH excluding ortho intramolecular Hbond substituents is 1. The summed E-state index contributed by atoms with van der Waals surface area (Å²) in [4.78, 5) is 11.6. The number of hydrogen-bond donors (Lipinski definition) is 1. The third kappa shape index (κ3) is 1.92. The zero-order valence-corrected chi connectivity index (χ0v) is 9.62. The molecule has 0 bridgehead atoms.